The number of rotatable bonds is 5. The van der Waals surface area contributed by atoms with Crippen molar-refractivity contribution in [2.75, 3.05) is 7.05 Å². The van der Waals surface area contributed by atoms with Crippen LogP contribution in [0.5, 0.6) is 0 Å². The van der Waals surface area contributed by atoms with Crippen LogP contribution in [-0.2, 0) is 9.59 Å². The van der Waals surface area contributed by atoms with Crippen molar-refractivity contribution in [2.45, 2.75) is 24.5 Å². The maximum atomic E-state index is 13.5. The van der Waals surface area contributed by atoms with Crippen LogP contribution in [0, 0.1) is 11.6 Å². The number of carbonyl (C=O) groups excluding carboxylic acids is 2. The van der Waals surface area contributed by atoms with E-state index in [0.29, 0.717) is 6.42 Å². The Hall–Kier alpha value is -2.84. The highest BCUT2D eigenvalue weighted by Gasteiger charge is 2.33. The number of nitrogens with one attached hydrogen (secondary N) is 4. The monoisotopic (exact) mass is 374 g/mol. The van der Waals surface area contributed by atoms with E-state index >= 15 is 0 Å². The summed E-state index contributed by atoms with van der Waals surface area (Å²) in [7, 11) is 1.40. The van der Waals surface area contributed by atoms with Crippen LogP contribution in [0.4, 0.5) is 8.78 Å². The van der Waals surface area contributed by atoms with E-state index in [9.17, 15) is 18.4 Å². The summed E-state index contributed by atoms with van der Waals surface area (Å²) >= 11 is 0. The number of benzene rings is 2. The number of hydrazine groups is 1. The minimum Gasteiger partial charge on any atom is -0.357 e. The van der Waals surface area contributed by atoms with Crippen molar-refractivity contribution < 1.29 is 18.4 Å². The highest BCUT2D eigenvalue weighted by Crippen LogP contribution is 2.23. The van der Waals surface area contributed by atoms with E-state index in [1.807, 2.05) is 30.3 Å². The normalized spacial score (nSPS) is 20.1. The van der Waals surface area contributed by atoms with Gasteiger partial charge in [-0.15, -0.1) is 0 Å². The molecule has 142 valence electrons. The molecular formula is C19H20F2N4O2. The van der Waals surface area contributed by atoms with Gasteiger partial charge in [-0.25, -0.2) is 19.6 Å². The van der Waals surface area contributed by atoms with E-state index in [1.165, 1.54) is 13.1 Å². The van der Waals surface area contributed by atoms with Crippen LogP contribution in [-0.4, -0.2) is 24.9 Å². The van der Waals surface area contributed by atoms with E-state index in [-0.39, 0.29) is 11.6 Å². The Bertz CT molecular complexity index is 832. The second kappa shape index (κ2) is 8.24. The summed E-state index contributed by atoms with van der Waals surface area (Å²) in [6.07, 6.45) is 0.480. The first-order valence-corrected chi connectivity index (χ1v) is 8.52. The molecule has 1 aliphatic rings. The van der Waals surface area contributed by atoms with Gasteiger partial charge in [-0.2, -0.15) is 0 Å². The van der Waals surface area contributed by atoms with Gasteiger partial charge in [0.05, 0.1) is 0 Å². The molecular weight excluding hydrogens is 354 g/mol. The fraction of sp³-hybridized carbons (Fsp3) is 0.263. The minimum atomic E-state index is -1.13. The van der Waals surface area contributed by atoms with Crippen molar-refractivity contribution in [2.24, 2.45) is 0 Å². The number of hydrogen-bond acceptors (Lipinski definition) is 4. The smallest absolute Gasteiger partial charge is 0.246 e. The summed E-state index contributed by atoms with van der Waals surface area (Å²) in [4.78, 5) is 24.8. The molecule has 0 aromatic heterocycles. The number of likely N-dealkylation sites (N-methyl/N-ethyl adjacent to an activating group) is 1. The quantitative estimate of drug-likeness (QED) is 0.639. The van der Waals surface area contributed by atoms with Crippen molar-refractivity contribution in [3.8, 4) is 0 Å². The second-order valence-electron chi connectivity index (χ2n) is 6.27. The molecule has 6 nitrogen and oxygen atoms in total. The maximum absolute atomic E-state index is 13.5. The standard InChI is InChI=1S/C19H20F2N4O2/c1-22-19(27)17(12-7-8-13(20)14(21)9-12)23-18(26)16-10-15(24-25-16)11-5-3-2-4-6-11/h2-9,15-17,24-25H,10H2,1H3,(H,22,27)(H,23,26). The first-order chi connectivity index (χ1) is 13.0. The molecule has 1 heterocycles. The van der Waals surface area contributed by atoms with Crippen molar-refractivity contribution in [1.82, 2.24) is 21.5 Å². The van der Waals surface area contributed by atoms with Crippen LogP contribution in [0.15, 0.2) is 48.5 Å². The molecule has 0 aliphatic carbocycles. The van der Waals surface area contributed by atoms with Gasteiger partial charge in [0.2, 0.25) is 11.8 Å². The van der Waals surface area contributed by atoms with Gasteiger partial charge in [0, 0.05) is 13.1 Å². The Morgan fingerprint density at radius 2 is 1.81 bits per heavy atom. The molecule has 3 atom stereocenters. The van der Waals surface area contributed by atoms with Crippen LogP contribution in [0.3, 0.4) is 0 Å². The molecule has 0 spiro atoms. The summed E-state index contributed by atoms with van der Waals surface area (Å²) in [5, 5.41) is 5.02. The third-order valence-electron chi connectivity index (χ3n) is 4.49. The van der Waals surface area contributed by atoms with Crippen molar-refractivity contribution in [1.29, 1.82) is 0 Å². The lowest BCUT2D eigenvalue weighted by Gasteiger charge is -2.20. The molecule has 1 saturated heterocycles. The number of halogens is 2. The summed E-state index contributed by atoms with van der Waals surface area (Å²) in [5.41, 5.74) is 7.16. The Labute approximate surface area is 155 Å². The molecule has 0 radical (unpaired) electrons. The van der Waals surface area contributed by atoms with Crippen LogP contribution in [0.2, 0.25) is 0 Å². The molecule has 2 aromatic carbocycles. The molecule has 0 saturated carbocycles. The van der Waals surface area contributed by atoms with E-state index < -0.39 is 35.5 Å². The third-order valence-corrected chi connectivity index (χ3v) is 4.49. The molecule has 3 rings (SSSR count). The van der Waals surface area contributed by atoms with Crippen molar-refractivity contribution >= 4 is 11.8 Å². The molecule has 3 unspecified atom stereocenters. The largest absolute Gasteiger partial charge is 0.357 e. The molecule has 27 heavy (non-hydrogen) atoms. The van der Waals surface area contributed by atoms with Gasteiger partial charge in [0.25, 0.3) is 0 Å². The highest BCUT2D eigenvalue weighted by atomic mass is 19.2. The number of amides is 2. The zero-order valence-corrected chi connectivity index (χ0v) is 14.6. The Morgan fingerprint density at radius 3 is 2.48 bits per heavy atom. The van der Waals surface area contributed by atoms with Gasteiger partial charge in [0.15, 0.2) is 11.6 Å². The second-order valence-corrected chi connectivity index (χ2v) is 6.27. The molecule has 4 N–H and O–H groups in total. The minimum absolute atomic E-state index is 0.0522. The van der Waals surface area contributed by atoms with Crippen LogP contribution < -0.4 is 21.5 Å². The molecule has 8 heteroatoms. The van der Waals surface area contributed by atoms with E-state index in [1.54, 1.807) is 0 Å². The van der Waals surface area contributed by atoms with E-state index in [2.05, 4.69) is 21.5 Å². The summed E-state index contributed by atoms with van der Waals surface area (Å²) in [6, 6.07) is 11.0. The van der Waals surface area contributed by atoms with Gasteiger partial charge in [-0.3, -0.25) is 9.59 Å². The Morgan fingerprint density at radius 1 is 1.07 bits per heavy atom. The first-order valence-electron chi connectivity index (χ1n) is 8.52. The lowest BCUT2D eigenvalue weighted by molar-refractivity contribution is -0.129. The van der Waals surface area contributed by atoms with Crippen LogP contribution in [0.1, 0.15) is 29.6 Å². The number of hydrogen-bond donors (Lipinski definition) is 4. The average Bonchev–Trinajstić information content (AvgIpc) is 3.19. The van der Waals surface area contributed by atoms with Crippen molar-refractivity contribution in [3.05, 3.63) is 71.3 Å². The predicted molar refractivity (Wildman–Crippen MR) is 95.2 cm³/mol. The van der Waals surface area contributed by atoms with E-state index in [0.717, 1.165) is 17.7 Å². The van der Waals surface area contributed by atoms with E-state index in [4.69, 9.17) is 0 Å². The van der Waals surface area contributed by atoms with Crippen molar-refractivity contribution in [3.63, 3.8) is 0 Å². The van der Waals surface area contributed by atoms with Gasteiger partial charge >= 0.3 is 0 Å². The third kappa shape index (κ3) is 4.29. The molecule has 1 aliphatic heterocycles. The SMILES string of the molecule is CNC(=O)C(NC(=O)C1CC(c2ccccc2)NN1)c1ccc(F)c(F)c1. The molecule has 1 fully saturated rings. The lowest BCUT2D eigenvalue weighted by Crippen LogP contribution is -2.47. The Kier molecular flexibility index (Phi) is 5.78. The topological polar surface area (TPSA) is 82.3 Å². The summed E-state index contributed by atoms with van der Waals surface area (Å²) < 4.78 is 26.7. The fourth-order valence-corrected chi connectivity index (χ4v) is 3.01. The van der Waals surface area contributed by atoms with Crippen LogP contribution in [0.25, 0.3) is 0 Å². The first kappa shape index (κ1) is 18.9. The maximum Gasteiger partial charge on any atom is 0.246 e. The average molecular weight is 374 g/mol. The lowest BCUT2D eigenvalue weighted by atomic mass is 10.0. The summed E-state index contributed by atoms with van der Waals surface area (Å²) in [6.45, 7) is 0. The zero-order chi connectivity index (χ0) is 19.4. The highest BCUT2D eigenvalue weighted by molar-refractivity contribution is 5.90. The molecule has 2 aromatic rings. The number of carbonyl (C=O) groups is 2. The van der Waals surface area contributed by atoms with Gasteiger partial charge in [0.1, 0.15) is 12.1 Å². The molecule has 2 amide bonds. The molecule has 0 bridgehead atoms. The van der Waals surface area contributed by atoms with Gasteiger partial charge in [-0.05, 0) is 29.7 Å². The van der Waals surface area contributed by atoms with Gasteiger partial charge < -0.3 is 10.6 Å². The zero-order valence-electron chi connectivity index (χ0n) is 14.6. The fourth-order valence-electron chi connectivity index (χ4n) is 3.01. The predicted octanol–water partition coefficient (Wildman–Crippen LogP) is 1.48. The van der Waals surface area contributed by atoms with Gasteiger partial charge in [-0.1, -0.05) is 36.4 Å². The Balaban J connectivity index is 1.71. The summed E-state index contributed by atoms with van der Waals surface area (Å²) in [5.74, 6) is -3.05. The van der Waals surface area contributed by atoms with Crippen LogP contribution >= 0.6 is 0 Å².